The number of amides is 3. The van der Waals surface area contributed by atoms with Crippen molar-refractivity contribution in [2.24, 2.45) is 11.8 Å². The van der Waals surface area contributed by atoms with Gasteiger partial charge in [-0.3, -0.25) is 0 Å². The number of nitrogens with two attached hydrogens (primary N) is 1. The molecule has 2 fully saturated rings. The second kappa shape index (κ2) is 8.92. The summed E-state index contributed by atoms with van der Waals surface area (Å²) >= 11 is 0. The Hall–Kier alpha value is -3.29. The summed E-state index contributed by atoms with van der Waals surface area (Å²) in [7, 11) is 0. The normalized spacial score (nSPS) is 20.4. The van der Waals surface area contributed by atoms with E-state index < -0.39 is 5.60 Å². The number of nitrogens with one attached hydrogen (secondary N) is 1. The van der Waals surface area contributed by atoms with Crippen LogP contribution in [0, 0.1) is 17.7 Å². The average molecular weight is 455 g/mol. The van der Waals surface area contributed by atoms with Crippen LogP contribution in [0.2, 0.25) is 0 Å². The number of nitrogens with zero attached hydrogens (tertiary/aromatic N) is 2. The van der Waals surface area contributed by atoms with E-state index in [0.29, 0.717) is 43.5 Å². The van der Waals surface area contributed by atoms with Gasteiger partial charge >= 0.3 is 12.1 Å². The molecular weight excluding hydrogens is 423 g/mol. The minimum absolute atomic E-state index is 0.212. The zero-order valence-electron chi connectivity index (χ0n) is 19.3. The van der Waals surface area contributed by atoms with Crippen molar-refractivity contribution in [3.63, 3.8) is 0 Å². The van der Waals surface area contributed by atoms with Crippen molar-refractivity contribution in [1.82, 2.24) is 9.80 Å². The number of nitrogen functional groups attached to an aromatic ring is 1. The molecule has 0 aliphatic carbocycles. The van der Waals surface area contributed by atoms with Crippen molar-refractivity contribution < 1.29 is 18.7 Å². The number of halogens is 1. The highest BCUT2D eigenvalue weighted by Crippen LogP contribution is 2.33. The van der Waals surface area contributed by atoms with E-state index in [1.165, 1.54) is 12.1 Å². The molecule has 0 bridgehead atoms. The van der Waals surface area contributed by atoms with Crippen molar-refractivity contribution in [3.8, 4) is 11.1 Å². The number of benzene rings is 2. The molecule has 2 unspecified atom stereocenters. The van der Waals surface area contributed by atoms with Gasteiger partial charge in [-0.2, -0.15) is 0 Å². The first kappa shape index (κ1) is 22.9. The zero-order chi connectivity index (χ0) is 23.8. The molecule has 2 heterocycles. The third kappa shape index (κ3) is 5.38. The Morgan fingerprint density at radius 2 is 1.64 bits per heavy atom. The van der Waals surface area contributed by atoms with Crippen LogP contribution in [0.4, 0.5) is 25.4 Å². The highest BCUT2D eigenvalue weighted by atomic mass is 19.1. The molecule has 0 aromatic heterocycles. The van der Waals surface area contributed by atoms with E-state index in [-0.39, 0.29) is 23.9 Å². The van der Waals surface area contributed by atoms with Crippen molar-refractivity contribution >= 4 is 23.5 Å². The Bertz CT molecular complexity index is 1030. The molecule has 33 heavy (non-hydrogen) atoms. The van der Waals surface area contributed by atoms with Gasteiger partial charge in [-0.1, -0.05) is 18.2 Å². The molecule has 2 aliphatic heterocycles. The van der Waals surface area contributed by atoms with Crippen molar-refractivity contribution in [1.29, 1.82) is 0 Å². The van der Waals surface area contributed by atoms with Gasteiger partial charge in [0.2, 0.25) is 0 Å². The first-order valence-corrected chi connectivity index (χ1v) is 11.3. The molecule has 0 saturated carbocycles. The van der Waals surface area contributed by atoms with E-state index in [1.54, 1.807) is 34.1 Å². The molecule has 3 amide bonds. The summed E-state index contributed by atoms with van der Waals surface area (Å²) in [6, 6.07) is 11.3. The fourth-order valence-corrected chi connectivity index (χ4v) is 4.51. The van der Waals surface area contributed by atoms with E-state index in [0.717, 1.165) is 17.5 Å². The number of hydrogen-bond donors (Lipinski definition) is 2. The van der Waals surface area contributed by atoms with Crippen LogP contribution in [-0.2, 0) is 4.74 Å². The summed E-state index contributed by atoms with van der Waals surface area (Å²) in [4.78, 5) is 29.0. The molecule has 2 aromatic carbocycles. The maximum atomic E-state index is 13.2. The van der Waals surface area contributed by atoms with E-state index in [9.17, 15) is 14.0 Å². The van der Waals surface area contributed by atoms with Crippen molar-refractivity contribution in [2.45, 2.75) is 32.8 Å². The van der Waals surface area contributed by atoms with Crippen LogP contribution in [-0.4, -0.2) is 53.7 Å². The predicted molar refractivity (Wildman–Crippen MR) is 126 cm³/mol. The van der Waals surface area contributed by atoms with Gasteiger partial charge in [0, 0.05) is 26.2 Å². The van der Waals surface area contributed by atoms with Crippen LogP contribution >= 0.6 is 0 Å². The quantitative estimate of drug-likeness (QED) is 0.639. The Balaban J connectivity index is 1.40. The summed E-state index contributed by atoms with van der Waals surface area (Å²) in [5, 5.41) is 2.93. The summed E-state index contributed by atoms with van der Waals surface area (Å²) in [6.45, 7) is 8.02. The molecule has 0 spiro atoms. The summed E-state index contributed by atoms with van der Waals surface area (Å²) in [5.74, 6) is 0.278. The Kier molecular flexibility index (Phi) is 6.19. The number of urea groups is 1. The standard InChI is InChI=1S/C25H31FN4O3/c1-25(2,3)33-24(32)29-11-10-18-13-30(15-19(18)14-29)23(31)28-22-12-17(6-9-21(22)27)16-4-7-20(26)8-5-16/h4-9,12,18-19H,10-11,13-15,27H2,1-3H3,(H,28,31). The van der Waals surface area contributed by atoms with Gasteiger partial charge in [0.05, 0.1) is 11.4 Å². The molecule has 8 heteroatoms. The number of rotatable bonds is 2. The number of piperidine rings is 1. The van der Waals surface area contributed by atoms with Crippen molar-refractivity contribution in [3.05, 3.63) is 48.3 Å². The number of ether oxygens (including phenoxy) is 1. The second-order valence-electron chi connectivity index (χ2n) is 9.88. The smallest absolute Gasteiger partial charge is 0.410 e. The topological polar surface area (TPSA) is 87.9 Å². The Morgan fingerprint density at radius 1 is 1.00 bits per heavy atom. The van der Waals surface area contributed by atoms with E-state index in [4.69, 9.17) is 10.5 Å². The lowest BCUT2D eigenvalue weighted by atomic mass is 9.89. The highest BCUT2D eigenvalue weighted by molar-refractivity contribution is 5.94. The van der Waals surface area contributed by atoms with Gasteiger partial charge in [0.25, 0.3) is 0 Å². The zero-order valence-corrected chi connectivity index (χ0v) is 19.3. The van der Waals surface area contributed by atoms with E-state index in [2.05, 4.69) is 5.32 Å². The number of carbonyl (C=O) groups is 2. The Labute approximate surface area is 193 Å². The summed E-state index contributed by atoms with van der Waals surface area (Å²) < 4.78 is 18.8. The molecule has 4 rings (SSSR count). The average Bonchev–Trinajstić information content (AvgIpc) is 3.18. The fourth-order valence-electron chi connectivity index (χ4n) is 4.51. The lowest BCUT2D eigenvalue weighted by Crippen LogP contribution is -2.45. The third-order valence-electron chi connectivity index (χ3n) is 6.21. The number of hydrogen-bond acceptors (Lipinski definition) is 4. The van der Waals surface area contributed by atoms with Gasteiger partial charge in [0.15, 0.2) is 0 Å². The van der Waals surface area contributed by atoms with Crippen LogP contribution < -0.4 is 11.1 Å². The summed E-state index contributed by atoms with van der Waals surface area (Å²) in [5.41, 5.74) is 8.23. The number of anilines is 2. The van der Waals surface area contributed by atoms with Crippen LogP contribution in [0.25, 0.3) is 11.1 Å². The van der Waals surface area contributed by atoms with Gasteiger partial charge < -0.3 is 25.6 Å². The van der Waals surface area contributed by atoms with Gasteiger partial charge in [-0.15, -0.1) is 0 Å². The van der Waals surface area contributed by atoms with Gasteiger partial charge in [-0.05, 0) is 74.4 Å². The maximum Gasteiger partial charge on any atom is 0.410 e. The van der Waals surface area contributed by atoms with Crippen LogP contribution in [0.1, 0.15) is 27.2 Å². The largest absolute Gasteiger partial charge is 0.444 e. The first-order chi connectivity index (χ1) is 15.6. The molecule has 3 N–H and O–H groups in total. The predicted octanol–water partition coefficient (Wildman–Crippen LogP) is 4.80. The third-order valence-corrected chi connectivity index (χ3v) is 6.21. The number of likely N-dealkylation sites (tertiary alicyclic amines) is 2. The lowest BCUT2D eigenvalue weighted by molar-refractivity contribution is 0.0139. The van der Waals surface area contributed by atoms with E-state index in [1.807, 2.05) is 26.8 Å². The molecule has 2 aliphatic rings. The molecule has 176 valence electrons. The van der Waals surface area contributed by atoms with E-state index >= 15 is 0 Å². The SMILES string of the molecule is CC(C)(C)OC(=O)N1CCC2CN(C(=O)Nc3cc(-c4ccc(F)cc4)ccc3N)CC2C1. The van der Waals surface area contributed by atoms with Crippen molar-refractivity contribution in [2.75, 3.05) is 37.2 Å². The minimum atomic E-state index is -0.530. The first-order valence-electron chi connectivity index (χ1n) is 11.3. The molecule has 7 nitrogen and oxygen atoms in total. The van der Waals surface area contributed by atoms with Crippen LogP contribution in [0.3, 0.4) is 0 Å². The maximum absolute atomic E-state index is 13.2. The van der Waals surface area contributed by atoms with Crippen LogP contribution in [0.15, 0.2) is 42.5 Å². The fraction of sp³-hybridized carbons (Fsp3) is 0.440. The lowest BCUT2D eigenvalue weighted by Gasteiger charge is -2.35. The number of carbonyl (C=O) groups excluding carboxylic acids is 2. The second-order valence-corrected chi connectivity index (χ2v) is 9.88. The number of fused-ring (bicyclic) bond motifs is 1. The summed E-state index contributed by atoms with van der Waals surface area (Å²) in [6.07, 6.45) is 0.546. The monoisotopic (exact) mass is 454 g/mol. The molecule has 2 atom stereocenters. The van der Waals surface area contributed by atoms with Crippen LogP contribution in [0.5, 0.6) is 0 Å². The molecule has 2 aromatic rings. The minimum Gasteiger partial charge on any atom is -0.444 e. The molecular formula is C25H31FN4O3. The molecule has 0 radical (unpaired) electrons. The molecule has 2 saturated heterocycles. The Morgan fingerprint density at radius 3 is 2.33 bits per heavy atom. The van der Waals surface area contributed by atoms with Gasteiger partial charge in [0.1, 0.15) is 11.4 Å². The van der Waals surface area contributed by atoms with Gasteiger partial charge in [-0.25, -0.2) is 14.0 Å². The highest BCUT2D eigenvalue weighted by Gasteiger charge is 2.41.